The van der Waals surface area contributed by atoms with Crippen LogP contribution in [0.15, 0.2) is 23.1 Å². The van der Waals surface area contributed by atoms with Crippen LogP contribution < -0.4 is 5.32 Å². The summed E-state index contributed by atoms with van der Waals surface area (Å²) in [6, 6.07) is 4.87. The Labute approximate surface area is 135 Å². The van der Waals surface area contributed by atoms with Gasteiger partial charge in [-0.05, 0) is 50.0 Å². The molecular formula is C16H22N2O3S. The number of carbonyl (C=O) groups excluding carboxylic acids is 1. The number of nitro groups is 1. The maximum absolute atomic E-state index is 12.3. The van der Waals surface area contributed by atoms with Crippen molar-refractivity contribution >= 4 is 23.4 Å². The Balaban J connectivity index is 2.04. The molecule has 0 heterocycles. The molecule has 2 rings (SSSR count). The number of nitro benzene ring substituents is 1. The Morgan fingerprint density at radius 2 is 2.05 bits per heavy atom. The maximum Gasteiger partial charge on any atom is 0.283 e. The van der Waals surface area contributed by atoms with Crippen LogP contribution >= 0.6 is 11.8 Å². The van der Waals surface area contributed by atoms with Gasteiger partial charge >= 0.3 is 0 Å². The molecule has 0 unspecified atom stereocenters. The lowest BCUT2D eigenvalue weighted by atomic mass is 9.84. The number of nitrogens with one attached hydrogen (secondary N) is 1. The molecule has 1 fully saturated rings. The lowest BCUT2D eigenvalue weighted by Crippen LogP contribution is -2.37. The Bertz CT molecular complexity index is 554. The number of hydrogen-bond acceptors (Lipinski definition) is 4. The lowest BCUT2D eigenvalue weighted by molar-refractivity contribution is -0.387. The molecule has 1 aromatic rings. The van der Waals surface area contributed by atoms with E-state index in [-0.39, 0.29) is 17.6 Å². The fourth-order valence-corrected chi connectivity index (χ4v) is 3.50. The van der Waals surface area contributed by atoms with E-state index in [1.165, 1.54) is 24.2 Å². The van der Waals surface area contributed by atoms with Crippen LogP contribution in [0.25, 0.3) is 0 Å². The topological polar surface area (TPSA) is 72.2 Å². The van der Waals surface area contributed by atoms with Crippen molar-refractivity contribution in [3.63, 3.8) is 0 Å². The molecule has 120 valence electrons. The molecule has 0 bridgehead atoms. The number of nitrogens with zero attached hydrogens (tertiary/aromatic N) is 1. The predicted molar refractivity (Wildman–Crippen MR) is 88.4 cm³/mol. The minimum Gasteiger partial charge on any atom is -0.349 e. The molecule has 1 aliphatic rings. The summed E-state index contributed by atoms with van der Waals surface area (Å²) < 4.78 is 0. The molecule has 0 aromatic heterocycles. The third-order valence-electron chi connectivity index (χ3n) is 4.40. The normalized spacial score (nSPS) is 21.4. The monoisotopic (exact) mass is 322 g/mol. The smallest absolute Gasteiger partial charge is 0.283 e. The molecule has 0 radical (unpaired) electrons. The van der Waals surface area contributed by atoms with E-state index in [1.807, 2.05) is 0 Å². The van der Waals surface area contributed by atoms with Crippen molar-refractivity contribution in [2.45, 2.75) is 50.0 Å². The molecule has 6 heteroatoms. The van der Waals surface area contributed by atoms with Crippen LogP contribution in [0.5, 0.6) is 0 Å². The van der Waals surface area contributed by atoms with Crippen LogP contribution in [0.3, 0.4) is 0 Å². The summed E-state index contributed by atoms with van der Waals surface area (Å²) >= 11 is 1.31. The number of thioether (sulfide) groups is 1. The zero-order valence-corrected chi connectivity index (χ0v) is 13.8. The van der Waals surface area contributed by atoms with Gasteiger partial charge in [0.05, 0.1) is 9.82 Å². The van der Waals surface area contributed by atoms with Crippen LogP contribution in [0.4, 0.5) is 5.69 Å². The van der Waals surface area contributed by atoms with Crippen molar-refractivity contribution in [2.75, 3.05) is 6.26 Å². The van der Waals surface area contributed by atoms with Gasteiger partial charge in [-0.15, -0.1) is 11.8 Å². The van der Waals surface area contributed by atoms with Gasteiger partial charge in [0.2, 0.25) is 0 Å². The number of benzene rings is 1. The fraction of sp³-hybridized carbons (Fsp3) is 0.562. The number of rotatable bonds is 5. The van der Waals surface area contributed by atoms with Gasteiger partial charge in [-0.3, -0.25) is 14.9 Å². The van der Waals surface area contributed by atoms with Crippen LogP contribution in [0.1, 0.15) is 49.4 Å². The SMILES string of the molecule is CCC1CCC(NC(=O)c2ccc(SC)c([N+](=O)[O-])c2)CC1. The van der Waals surface area contributed by atoms with Gasteiger partial charge in [0, 0.05) is 17.7 Å². The second-order valence-corrected chi connectivity index (χ2v) is 6.59. The van der Waals surface area contributed by atoms with E-state index >= 15 is 0 Å². The molecule has 1 N–H and O–H groups in total. The van der Waals surface area contributed by atoms with Crippen LogP contribution in [-0.2, 0) is 0 Å². The van der Waals surface area contributed by atoms with Gasteiger partial charge in [-0.2, -0.15) is 0 Å². The van der Waals surface area contributed by atoms with Crippen molar-refractivity contribution < 1.29 is 9.72 Å². The van der Waals surface area contributed by atoms with Crippen molar-refractivity contribution in [3.8, 4) is 0 Å². The van der Waals surface area contributed by atoms with E-state index in [0.717, 1.165) is 31.6 Å². The van der Waals surface area contributed by atoms with Crippen molar-refractivity contribution in [1.29, 1.82) is 0 Å². The van der Waals surface area contributed by atoms with Gasteiger partial charge in [0.1, 0.15) is 0 Å². The second-order valence-electron chi connectivity index (χ2n) is 5.74. The first kappa shape index (κ1) is 16.8. The van der Waals surface area contributed by atoms with Crippen LogP contribution in [0, 0.1) is 16.0 Å². The summed E-state index contributed by atoms with van der Waals surface area (Å²) in [6.07, 6.45) is 7.27. The second kappa shape index (κ2) is 7.63. The molecule has 1 amide bonds. The molecular weight excluding hydrogens is 300 g/mol. The standard InChI is InChI=1S/C16H22N2O3S/c1-3-11-4-7-13(8-5-11)17-16(19)12-6-9-15(22-2)14(10-12)18(20)21/h6,9-11,13H,3-5,7-8H2,1-2H3,(H,17,19). The zero-order valence-electron chi connectivity index (χ0n) is 13.0. The van der Waals surface area contributed by atoms with Gasteiger partial charge in [-0.1, -0.05) is 13.3 Å². The fourth-order valence-electron chi connectivity index (χ4n) is 2.96. The first-order chi connectivity index (χ1) is 10.5. The molecule has 5 nitrogen and oxygen atoms in total. The van der Waals surface area contributed by atoms with Gasteiger partial charge in [0.25, 0.3) is 11.6 Å². The molecule has 1 saturated carbocycles. The summed E-state index contributed by atoms with van der Waals surface area (Å²) in [6.45, 7) is 2.20. The van der Waals surface area contributed by atoms with Crippen molar-refractivity contribution in [2.24, 2.45) is 5.92 Å². The first-order valence-electron chi connectivity index (χ1n) is 7.68. The van der Waals surface area contributed by atoms with Crippen molar-refractivity contribution in [3.05, 3.63) is 33.9 Å². The van der Waals surface area contributed by atoms with E-state index in [1.54, 1.807) is 18.4 Å². The third kappa shape index (κ3) is 4.00. The summed E-state index contributed by atoms with van der Waals surface area (Å²) in [7, 11) is 0. The van der Waals surface area contributed by atoms with Crippen LogP contribution in [0.2, 0.25) is 0 Å². The lowest BCUT2D eigenvalue weighted by Gasteiger charge is -2.28. The Kier molecular flexibility index (Phi) is 5.83. The Morgan fingerprint density at radius 1 is 1.36 bits per heavy atom. The van der Waals surface area contributed by atoms with E-state index < -0.39 is 4.92 Å². The minimum atomic E-state index is -0.435. The van der Waals surface area contributed by atoms with E-state index in [9.17, 15) is 14.9 Å². The van der Waals surface area contributed by atoms with Gasteiger partial charge < -0.3 is 5.32 Å². The number of amides is 1. The molecule has 1 aliphatic carbocycles. The molecule has 0 spiro atoms. The highest BCUT2D eigenvalue weighted by molar-refractivity contribution is 7.98. The van der Waals surface area contributed by atoms with E-state index in [0.29, 0.717) is 10.5 Å². The molecule has 1 aromatic carbocycles. The number of carbonyl (C=O) groups is 1. The highest BCUT2D eigenvalue weighted by Crippen LogP contribution is 2.29. The van der Waals surface area contributed by atoms with E-state index in [4.69, 9.17) is 0 Å². The first-order valence-corrected chi connectivity index (χ1v) is 8.91. The Morgan fingerprint density at radius 3 is 2.59 bits per heavy atom. The zero-order chi connectivity index (χ0) is 16.1. The average molecular weight is 322 g/mol. The molecule has 0 atom stereocenters. The largest absolute Gasteiger partial charge is 0.349 e. The molecule has 0 saturated heterocycles. The summed E-state index contributed by atoms with van der Waals surface area (Å²) in [5.41, 5.74) is 0.358. The average Bonchev–Trinajstić information content (AvgIpc) is 2.54. The number of hydrogen-bond donors (Lipinski definition) is 1. The summed E-state index contributed by atoms with van der Waals surface area (Å²) in [5.74, 6) is 0.561. The van der Waals surface area contributed by atoms with Crippen molar-refractivity contribution in [1.82, 2.24) is 5.32 Å². The minimum absolute atomic E-state index is 0.00478. The van der Waals surface area contributed by atoms with E-state index in [2.05, 4.69) is 12.2 Å². The van der Waals surface area contributed by atoms with Gasteiger partial charge in [0.15, 0.2) is 0 Å². The molecule has 22 heavy (non-hydrogen) atoms. The third-order valence-corrected chi connectivity index (χ3v) is 5.18. The Hall–Kier alpha value is -1.56. The highest BCUT2D eigenvalue weighted by atomic mass is 32.2. The molecule has 0 aliphatic heterocycles. The predicted octanol–water partition coefficient (Wildman–Crippen LogP) is 4.02. The van der Waals surface area contributed by atoms with Gasteiger partial charge in [-0.25, -0.2) is 0 Å². The summed E-state index contributed by atoms with van der Waals surface area (Å²) in [5, 5.41) is 14.1. The summed E-state index contributed by atoms with van der Waals surface area (Å²) in [4.78, 5) is 23.5. The van der Waals surface area contributed by atoms with Crippen LogP contribution in [-0.4, -0.2) is 23.1 Å². The quantitative estimate of drug-likeness (QED) is 0.505. The highest BCUT2D eigenvalue weighted by Gasteiger charge is 2.23. The maximum atomic E-state index is 12.3.